The first kappa shape index (κ1) is 15.5. The van der Waals surface area contributed by atoms with Crippen molar-refractivity contribution in [2.24, 2.45) is 5.73 Å². The first-order valence-corrected chi connectivity index (χ1v) is 6.29. The summed E-state index contributed by atoms with van der Waals surface area (Å²) in [7, 11) is 1.59. The van der Waals surface area contributed by atoms with E-state index < -0.39 is 0 Å². The molecule has 3 N–H and O–H groups in total. The average molecular weight is 266 g/mol. The maximum Gasteiger partial charge on any atom is 0.258 e. The zero-order valence-electron chi connectivity index (χ0n) is 11.7. The third-order valence-electron chi connectivity index (χ3n) is 2.71. The van der Waals surface area contributed by atoms with Gasteiger partial charge in [-0.25, -0.2) is 0 Å². The average Bonchev–Trinajstić information content (AvgIpc) is 2.37. The smallest absolute Gasteiger partial charge is 0.258 e. The molecule has 1 aromatic carbocycles. The van der Waals surface area contributed by atoms with Crippen molar-refractivity contribution in [3.8, 4) is 5.75 Å². The Bertz CT molecular complexity index is 419. The Morgan fingerprint density at radius 3 is 2.79 bits per heavy atom. The molecule has 1 aromatic rings. The maximum atomic E-state index is 11.5. The fraction of sp³-hybridized carbons (Fsp3) is 0.500. The van der Waals surface area contributed by atoms with Gasteiger partial charge in [-0.3, -0.25) is 4.79 Å². The molecule has 0 aromatic heterocycles. The van der Waals surface area contributed by atoms with Crippen molar-refractivity contribution >= 4 is 5.91 Å². The number of carbonyl (C=O) groups is 1. The second-order valence-electron chi connectivity index (χ2n) is 4.45. The van der Waals surface area contributed by atoms with Gasteiger partial charge >= 0.3 is 0 Å². The van der Waals surface area contributed by atoms with E-state index in [0.29, 0.717) is 18.9 Å². The number of benzene rings is 1. The molecule has 0 saturated carbocycles. The van der Waals surface area contributed by atoms with Crippen LogP contribution in [-0.4, -0.2) is 32.8 Å². The van der Waals surface area contributed by atoms with Crippen molar-refractivity contribution in [3.63, 3.8) is 0 Å². The Morgan fingerprint density at radius 1 is 1.47 bits per heavy atom. The first-order chi connectivity index (χ1) is 9.04. The van der Waals surface area contributed by atoms with Crippen LogP contribution in [0.5, 0.6) is 5.75 Å². The fourth-order valence-electron chi connectivity index (χ4n) is 1.60. The van der Waals surface area contributed by atoms with Crippen LogP contribution in [0.1, 0.15) is 24.1 Å². The summed E-state index contributed by atoms with van der Waals surface area (Å²) in [5.74, 6) is 0.541. The van der Waals surface area contributed by atoms with Gasteiger partial charge in [-0.05, 0) is 31.0 Å². The summed E-state index contributed by atoms with van der Waals surface area (Å²) in [6.07, 6.45) is 0. The molecule has 0 aliphatic carbocycles. The lowest BCUT2D eigenvalue weighted by atomic mass is 10.1. The molecule has 0 saturated heterocycles. The van der Waals surface area contributed by atoms with E-state index in [0.717, 1.165) is 11.1 Å². The summed E-state index contributed by atoms with van der Waals surface area (Å²) in [6.45, 7) is 4.85. The number of methoxy groups -OCH3 is 1. The van der Waals surface area contributed by atoms with Crippen molar-refractivity contribution in [1.82, 2.24) is 5.32 Å². The van der Waals surface area contributed by atoms with E-state index in [1.807, 2.05) is 32.0 Å². The second-order valence-corrected chi connectivity index (χ2v) is 4.45. The summed E-state index contributed by atoms with van der Waals surface area (Å²) >= 11 is 0. The molecule has 0 fully saturated rings. The largest absolute Gasteiger partial charge is 0.484 e. The summed E-state index contributed by atoms with van der Waals surface area (Å²) < 4.78 is 10.3. The summed E-state index contributed by atoms with van der Waals surface area (Å²) in [6, 6.07) is 5.72. The Hall–Kier alpha value is -1.59. The SMILES string of the molecule is COCCNC(=O)COc1ccc([C@@H](C)N)cc1C. The van der Waals surface area contributed by atoms with Crippen LogP contribution in [0.2, 0.25) is 0 Å². The molecule has 0 unspecified atom stereocenters. The highest BCUT2D eigenvalue weighted by Gasteiger charge is 2.06. The molecule has 0 aliphatic rings. The molecular formula is C14H22N2O3. The van der Waals surface area contributed by atoms with Gasteiger partial charge in [0.15, 0.2) is 6.61 Å². The van der Waals surface area contributed by atoms with Crippen LogP contribution in [-0.2, 0) is 9.53 Å². The van der Waals surface area contributed by atoms with Crippen LogP contribution < -0.4 is 15.8 Å². The molecule has 0 spiro atoms. The third-order valence-corrected chi connectivity index (χ3v) is 2.71. The number of ether oxygens (including phenoxy) is 2. The van der Waals surface area contributed by atoms with Gasteiger partial charge in [0, 0.05) is 19.7 Å². The van der Waals surface area contributed by atoms with Gasteiger partial charge in [0.1, 0.15) is 5.75 Å². The molecular weight excluding hydrogens is 244 g/mol. The number of amides is 1. The maximum absolute atomic E-state index is 11.5. The predicted octanol–water partition coefficient (Wildman–Crippen LogP) is 1.16. The van der Waals surface area contributed by atoms with Crippen molar-refractivity contribution in [2.75, 3.05) is 26.9 Å². The van der Waals surface area contributed by atoms with Gasteiger partial charge in [0.05, 0.1) is 6.61 Å². The molecule has 1 amide bonds. The van der Waals surface area contributed by atoms with Gasteiger partial charge in [0.25, 0.3) is 5.91 Å². The van der Waals surface area contributed by atoms with Crippen LogP contribution in [0.15, 0.2) is 18.2 Å². The molecule has 5 nitrogen and oxygen atoms in total. The monoisotopic (exact) mass is 266 g/mol. The quantitative estimate of drug-likeness (QED) is 0.726. The minimum atomic E-state index is -0.160. The molecule has 1 atom stereocenters. The fourth-order valence-corrected chi connectivity index (χ4v) is 1.60. The Balaban J connectivity index is 2.47. The van der Waals surface area contributed by atoms with Crippen LogP contribution >= 0.6 is 0 Å². The number of rotatable bonds is 7. The van der Waals surface area contributed by atoms with Crippen LogP contribution in [0, 0.1) is 6.92 Å². The number of hydrogen-bond acceptors (Lipinski definition) is 4. The zero-order chi connectivity index (χ0) is 14.3. The predicted molar refractivity (Wildman–Crippen MR) is 74.2 cm³/mol. The summed E-state index contributed by atoms with van der Waals surface area (Å²) in [5.41, 5.74) is 7.83. The standard InChI is InChI=1S/C14H22N2O3/c1-10-8-12(11(2)15)4-5-13(10)19-9-14(17)16-6-7-18-3/h4-5,8,11H,6-7,9,15H2,1-3H3,(H,16,17)/t11-/m1/s1. The lowest BCUT2D eigenvalue weighted by Crippen LogP contribution is -2.31. The summed E-state index contributed by atoms with van der Waals surface area (Å²) in [4.78, 5) is 11.5. The van der Waals surface area contributed by atoms with Crippen LogP contribution in [0.25, 0.3) is 0 Å². The van der Waals surface area contributed by atoms with E-state index in [1.54, 1.807) is 7.11 Å². The molecule has 19 heavy (non-hydrogen) atoms. The van der Waals surface area contributed by atoms with Gasteiger partial charge in [-0.1, -0.05) is 12.1 Å². The van der Waals surface area contributed by atoms with Crippen molar-refractivity contribution in [3.05, 3.63) is 29.3 Å². The lowest BCUT2D eigenvalue weighted by molar-refractivity contribution is -0.123. The number of hydrogen-bond donors (Lipinski definition) is 2. The molecule has 0 aliphatic heterocycles. The van der Waals surface area contributed by atoms with Gasteiger partial charge in [-0.15, -0.1) is 0 Å². The van der Waals surface area contributed by atoms with E-state index in [9.17, 15) is 4.79 Å². The molecule has 0 bridgehead atoms. The first-order valence-electron chi connectivity index (χ1n) is 6.29. The van der Waals surface area contributed by atoms with E-state index >= 15 is 0 Å². The normalized spacial score (nSPS) is 12.0. The minimum Gasteiger partial charge on any atom is -0.484 e. The topological polar surface area (TPSA) is 73.6 Å². The number of nitrogens with two attached hydrogens (primary N) is 1. The van der Waals surface area contributed by atoms with Crippen molar-refractivity contribution < 1.29 is 14.3 Å². The van der Waals surface area contributed by atoms with E-state index in [1.165, 1.54) is 0 Å². The highest BCUT2D eigenvalue weighted by molar-refractivity contribution is 5.77. The highest BCUT2D eigenvalue weighted by Crippen LogP contribution is 2.21. The second kappa shape index (κ2) is 7.76. The van der Waals surface area contributed by atoms with Crippen molar-refractivity contribution in [1.29, 1.82) is 0 Å². The highest BCUT2D eigenvalue weighted by atomic mass is 16.5. The minimum absolute atomic E-state index is 0.00206. The van der Waals surface area contributed by atoms with Gasteiger partial charge < -0.3 is 20.5 Å². The lowest BCUT2D eigenvalue weighted by Gasteiger charge is -2.12. The molecule has 106 valence electrons. The number of nitrogens with one attached hydrogen (secondary N) is 1. The van der Waals surface area contributed by atoms with Crippen LogP contribution in [0.4, 0.5) is 0 Å². The molecule has 1 rings (SSSR count). The Labute approximate surface area is 114 Å². The summed E-state index contributed by atoms with van der Waals surface area (Å²) in [5, 5.41) is 2.69. The van der Waals surface area contributed by atoms with Crippen molar-refractivity contribution in [2.45, 2.75) is 19.9 Å². The van der Waals surface area contributed by atoms with Crippen LogP contribution in [0.3, 0.4) is 0 Å². The van der Waals surface area contributed by atoms with Gasteiger partial charge in [0.2, 0.25) is 0 Å². The molecule has 0 radical (unpaired) electrons. The molecule has 5 heteroatoms. The number of aryl methyl sites for hydroxylation is 1. The molecule has 0 heterocycles. The zero-order valence-corrected chi connectivity index (χ0v) is 11.7. The van der Waals surface area contributed by atoms with E-state index in [-0.39, 0.29) is 18.6 Å². The van der Waals surface area contributed by atoms with E-state index in [2.05, 4.69) is 5.32 Å². The van der Waals surface area contributed by atoms with E-state index in [4.69, 9.17) is 15.2 Å². The van der Waals surface area contributed by atoms with Gasteiger partial charge in [-0.2, -0.15) is 0 Å². The third kappa shape index (κ3) is 5.28. The number of carbonyl (C=O) groups excluding carboxylic acids is 1. The Kier molecular flexibility index (Phi) is 6.32. The Morgan fingerprint density at radius 2 is 2.21 bits per heavy atom.